The van der Waals surface area contributed by atoms with Crippen molar-refractivity contribution < 1.29 is 0 Å². The number of nitrogens with zero attached hydrogens (tertiary/aromatic N) is 4. The van der Waals surface area contributed by atoms with Crippen molar-refractivity contribution >= 4 is 33.2 Å². The third kappa shape index (κ3) is 5.15. The Hall–Kier alpha value is -5.94. The van der Waals surface area contributed by atoms with Crippen molar-refractivity contribution in [2.45, 2.75) is 13.1 Å². The van der Waals surface area contributed by atoms with E-state index in [0.29, 0.717) is 0 Å². The summed E-state index contributed by atoms with van der Waals surface area (Å²) in [5, 5.41) is 5.76. The van der Waals surface area contributed by atoms with Crippen LogP contribution in [0.1, 0.15) is 28.6 Å². The first kappa shape index (κ1) is 26.7. The maximum absolute atomic E-state index is 5.19. The molecule has 7 aromatic rings. The van der Waals surface area contributed by atoms with E-state index in [-0.39, 0.29) is 6.17 Å². The Kier molecular flexibility index (Phi) is 6.69. The van der Waals surface area contributed by atoms with Crippen molar-refractivity contribution in [3.63, 3.8) is 0 Å². The van der Waals surface area contributed by atoms with Crippen LogP contribution in [0.5, 0.6) is 0 Å². The average molecular weight is 580 g/mol. The van der Waals surface area contributed by atoms with Gasteiger partial charge in [0.25, 0.3) is 0 Å². The van der Waals surface area contributed by atoms with Gasteiger partial charge in [0, 0.05) is 33.8 Å². The molecule has 0 fully saturated rings. The number of fused-ring (bicyclic) bond motifs is 3. The van der Waals surface area contributed by atoms with E-state index in [0.717, 1.165) is 72.6 Å². The second kappa shape index (κ2) is 11.3. The predicted molar refractivity (Wildman–Crippen MR) is 184 cm³/mol. The molecule has 8 rings (SSSR count). The molecule has 1 N–H and O–H groups in total. The van der Waals surface area contributed by atoms with E-state index in [2.05, 4.69) is 102 Å². The van der Waals surface area contributed by atoms with E-state index < -0.39 is 0 Å². The van der Waals surface area contributed by atoms with Crippen molar-refractivity contribution in [3.8, 4) is 22.5 Å². The zero-order valence-electron chi connectivity index (χ0n) is 24.7. The standard InChI is InChI=1S/C40H29N5/c1-26-24-35(43-39-32(26)21-19-31-20-22-33(42-38(31)39)27-10-4-2-5-11-27)29-15-17-30(18-16-29)37-25-36(28-12-6-3-7-13-28)44-40(45-37)34-14-8-9-23-41-34/h2-25,40,44H,1H3. The molecular weight excluding hydrogens is 550 g/mol. The van der Waals surface area contributed by atoms with Gasteiger partial charge in [-0.3, -0.25) is 9.98 Å². The molecule has 0 saturated carbocycles. The van der Waals surface area contributed by atoms with Crippen molar-refractivity contribution in [2.24, 2.45) is 4.99 Å². The number of nitrogens with one attached hydrogen (secondary N) is 1. The summed E-state index contributed by atoms with van der Waals surface area (Å²) >= 11 is 0. The van der Waals surface area contributed by atoms with E-state index >= 15 is 0 Å². The fourth-order valence-corrected chi connectivity index (χ4v) is 5.92. The molecule has 4 heterocycles. The highest BCUT2D eigenvalue weighted by Gasteiger charge is 2.20. The summed E-state index contributed by atoms with van der Waals surface area (Å²) in [5.74, 6) is 0. The Morgan fingerprint density at radius 2 is 1.24 bits per heavy atom. The molecule has 1 aliphatic rings. The molecular formula is C40H29N5. The smallest absolute Gasteiger partial charge is 0.162 e. The summed E-state index contributed by atoms with van der Waals surface area (Å²) in [5.41, 5.74) is 11.9. The van der Waals surface area contributed by atoms with Crippen molar-refractivity contribution in [1.82, 2.24) is 20.3 Å². The number of pyridine rings is 3. The number of aromatic nitrogens is 3. The third-order valence-corrected chi connectivity index (χ3v) is 8.29. The van der Waals surface area contributed by atoms with Gasteiger partial charge in [-0.1, -0.05) is 109 Å². The van der Waals surface area contributed by atoms with Gasteiger partial charge < -0.3 is 5.32 Å². The van der Waals surface area contributed by atoms with Gasteiger partial charge in [-0.15, -0.1) is 0 Å². The van der Waals surface area contributed by atoms with Crippen LogP contribution < -0.4 is 5.32 Å². The van der Waals surface area contributed by atoms with E-state index in [1.165, 1.54) is 5.56 Å². The molecule has 0 amide bonds. The lowest BCUT2D eigenvalue weighted by molar-refractivity contribution is 0.643. The largest absolute Gasteiger partial charge is 0.358 e. The van der Waals surface area contributed by atoms with Crippen LogP contribution in [-0.2, 0) is 0 Å². The monoisotopic (exact) mass is 579 g/mol. The number of aliphatic imine (C=N–C) groups is 1. The van der Waals surface area contributed by atoms with Crippen LogP contribution in [0.3, 0.4) is 0 Å². The van der Waals surface area contributed by atoms with Crippen LogP contribution in [0.2, 0.25) is 0 Å². The Morgan fingerprint density at radius 1 is 0.578 bits per heavy atom. The van der Waals surface area contributed by atoms with Gasteiger partial charge in [0.05, 0.1) is 33.8 Å². The zero-order valence-corrected chi connectivity index (χ0v) is 24.7. The summed E-state index contributed by atoms with van der Waals surface area (Å²) in [4.78, 5) is 19.9. The predicted octanol–water partition coefficient (Wildman–Crippen LogP) is 8.95. The number of allylic oxidation sites excluding steroid dienone is 1. The highest BCUT2D eigenvalue weighted by molar-refractivity contribution is 6.13. The average Bonchev–Trinajstić information content (AvgIpc) is 3.12. The second-order valence-electron chi connectivity index (χ2n) is 11.2. The number of benzene rings is 4. The molecule has 0 aliphatic carbocycles. The first-order valence-electron chi connectivity index (χ1n) is 15.1. The lowest BCUT2D eigenvalue weighted by Crippen LogP contribution is -2.25. The van der Waals surface area contributed by atoms with Gasteiger partial charge in [-0.2, -0.15) is 0 Å². The Bertz CT molecular complexity index is 2220. The number of hydrogen-bond acceptors (Lipinski definition) is 5. The molecule has 3 aromatic heterocycles. The molecule has 0 radical (unpaired) electrons. The molecule has 1 aliphatic heterocycles. The fourth-order valence-electron chi connectivity index (χ4n) is 5.92. The van der Waals surface area contributed by atoms with Crippen LogP contribution >= 0.6 is 0 Å². The molecule has 4 aromatic carbocycles. The molecule has 214 valence electrons. The maximum Gasteiger partial charge on any atom is 0.162 e. The van der Waals surface area contributed by atoms with Crippen molar-refractivity contribution in [1.29, 1.82) is 0 Å². The molecule has 1 atom stereocenters. The molecule has 45 heavy (non-hydrogen) atoms. The third-order valence-electron chi connectivity index (χ3n) is 8.29. The summed E-state index contributed by atoms with van der Waals surface area (Å²) < 4.78 is 0. The Morgan fingerprint density at radius 3 is 2.00 bits per heavy atom. The van der Waals surface area contributed by atoms with Crippen LogP contribution in [0.4, 0.5) is 0 Å². The van der Waals surface area contributed by atoms with Crippen molar-refractivity contribution in [3.05, 3.63) is 168 Å². The molecule has 5 nitrogen and oxygen atoms in total. The summed E-state index contributed by atoms with van der Waals surface area (Å²) in [7, 11) is 0. The van der Waals surface area contributed by atoms with Crippen LogP contribution in [0.25, 0.3) is 50.0 Å². The molecule has 0 bridgehead atoms. The second-order valence-corrected chi connectivity index (χ2v) is 11.2. The maximum atomic E-state index is 5.19. The number of aryl methyl sites for hydroxylation is 1. The summed E-state index contributed by atoms with van der Waals surface area (Å²) in [6.07, 6.45) is 3.64. The first-order valence-corrected chi connectivity index (χ1v) is 15.1. The number of hydrogen-bond donors (Lipinski definition) is 1. The molecule has 5 heteroatoms. The van der Waals surface area contributed by atoms with Gasteiger partial charge in [0.1, 0.15) is 0 Å². The minimum Gasteiger partial charge on any atom is -0.358 e. The van der Waals surface area contributed by atoms with Crippen LogP contribution in [0.15, 0.2) is 151 Å². The summed E-state index contributed by atoms with van der Waals surface area (Å²) in [6.45, 7) is 2.15. The van der Waals surface area contributed by atoms with E-state index in [9.17, 15) is 0 Å². The van der Waals surface area contributed by atoms with Crippen LogP contribution in [-0.4, -0.2) is 20.7 Å². The molecule has 1 unspecified atom stereocenters. The summed E-state index contributed by atoms with van der Waals surface area (Å²) in [6, 6.07) is 45.8. The Balaban J connectivity index is 1.19. The zero-order chi connectivity index (χ0) is 30.2. The minimum atomic E-state index is -0.285. The number of rotatable bonds is 5. The lowest BCUT2D eigenvalue weighted by Gasteiger charge is -2.24. The van der Waals surface area contributed by atoms with Gasteiger partial charge in [0.2, 0.25) is 0 Å². The van der Waals surface area contributed by atoms with Gasteiger partial charge >= 0.3 is 0 Å². The fraction of sp³-hybridized carbons (Fsp3) is 0.0500. The Labute approximate surface area is 261 Å². The minimum absolute atomic E-state index is 0.285. The van der Waals surface area contributed by atoms with Crippen molar-refractivity contribution in [2.75, 3.05) is 0 Å². The van der Waals surface area contributed by atoms with Gasteiger partial charge in [-0.25, -0.2) is 9.97 Å². The van der Waals surface area contributed by atoms with E-state index in [1.807, 2.05) is 54.6 Å². The van der Waals surface area contributed by atoms with Crippen LogP contribution in [0, 0.1) is 6.92 Å². The van der Waals surface area contributed by atoms with Gasteiger partial charge in [0.15, 0.2) is 6.17 Å². The van der Waals surface area contributed by atoms with E-state index in [1.54, 1.807) is 6.20 Å². The molecule has 0 saturated heterocycles. The first-order chi connectivity index (χ1) is 22.2. The molecule has 0 spiro atoms. The lowest BCUT2D eigenvalue weighted by atomic mass is 9.99. The highest BCUT2D eigenvalue weighted by Crippen LogP contribution is 2.32. The normalized spacial score (nSPS) is 14.6. The van der Waals surface area contributed by atoms with Gasteiger partial charge in [-0.05, 0) is 54.0 Å². The quantitative estimate of drug-likeness (QED) is 0.207. The SMILES string of the molecule is Cc1cc(-c2ccc(C3=NC(c4ccccn4)NC(c4ccccc4)=C3)cc2)nc2c1ccc1ccc(-c3ccccc3)nc12. The highest BCUT2D eigenvalue weighted by atomic mass is 15.1. The topological polar surface area (TPSA) is 63.1 Å². The van der Waals surface area contributed by atoms with E-state index in [4.69, 9.17) is 15.0 Å².